The van der Waals surface area contributed by atoms with Gasteiger partial charge in [-0.3, -0.25) is 4.79 Å². The maximum atomic E-state index is 12.8. The van der Waals surface area contributed by atoms with Crippen LogP contribution in [0.15, 0.2) is 5.16 Å². The maximum Gasteiger partial charge on any atom is 0.236 e. The van der Waals surface area contributed by atoms with Crippen molar-refractivity contribution in [2.75, 3.05) is 20.2 Å². The number of piperidine rings is 1. The van der Waals surface area contributed by atoms with Crippen LogP contribution in [0.3, 0.4) is 0 Å². The van der Waals surface area contributed by atoms with Gasteiger partial charge in [-0.25, -0.2) is 0 Å². The second-order valence-electron chi connectivity index (χ2n) is 5.57. The van der Waals surface area contributed by atoms with Gasteiger partial charge >= 0.3 is 0 Å². The first kappa shape index (κ1) is 16.8. The van der Waals surface area contributed by atoms with E-state index in [1.165, 1.54) is 0 Å². The molecule has 1 aliphatic heterocycles. The number of oxime groups is 1. The third-order valence-corrected chi connectivity index (χ3v) is 4.69. The van der Waals surface area contributed by atoms with Gasteiger partial charge in [0.1, 0.15) is 5.41 Å². The number of ether oxygens (including phenoxy) is 1. The predicted molar refractivity (Wildman–Crippen MR) is 77.6 cm³/mol. The summed E-state index contributed by atoms with van der Waals surface area (Å²) in [4.78, 5) is 14.6. The van der Waals surface area contributed by atoms with Crippen LogP contribution in [0.25, 0.3) is 0 Å². The summed E-state index contributed by atoms with van der Waals surface area (Å²) in [5.74, 6) is 0.373. The molecule has 1 amide bonds. The summed E-state index contributed by atoms with van der Waals surface area (Å²) in [5.41, 5.74) is 4.89. The normalized spacial score (nSPS) is 24.8. The highest BCUT2D eigenvalue weighted by Gasteiger charge is 2.44. The predicted octanol–water partition coefficient (Wildman–Crippen LogP) is 1.42. The smallest absolute Gasteiger partial charge is 0.236 e. The van der Waals surface area contributed by atoms with E-state index in [2.05, 4.69) is 12.1 Å². The molecule has 0 radical (unpaired) electrons. The minimum Gasteiger partial charge on any atom is -0.409 e. The summed E-state index contributed by atoms with van der Waals surface area (Å²) in [7, 11) is 1.67. The number of likely N-dealkylation sites (tertiary alicyclic amines) is 1. The zero-order valence-electron chi connectivity index (χ0n) is 12.9. The van der Waals surface area contributed by atoms with E-state index in [1.54, 1.807) is 12.0 Å². The highest BCUT2D eigenvalue weighted by atomic mass is 16.5. The van der Waals surface area contributed by atoms with E-state index < -0.39 is 5.41 Å². The lowest BCUT2D eigenvalue weighted by molar-refractivity contribution is -0.144. The molecule has 0 aliphatic carbocycles. The minimum absolute atomic E-state index is 0.0000822. The van der Waals surface area contributed by atoms with Crippen molar-refractivity contribution in [3.8, 4) is 0 Å². The Morgan fingerprint density at radius 2 is 2.10 bits per heavy atom. The van der Waals surface area contributed by atoms with Crippen molar-refractivity contribution in [3.05, 3.63) is 0 Å². The number of carbonyl (C=O) groups excluding carboxylic acids is 1. The number of amides is 1. The lowest BCUT2D eigenvalue weighted by Gasteiger charge is -2.41. The molecule has 0 saturated carbocycles. The summed E-state index contributed by atoms with van der Waals surface area (Å²) >= 11 is 0. The topological polar surface area (TPSA) is 88.2 Å². The number of carbonyl (C=O) groups is 1. The summed E-state index contributed by atoms with van der Waals surface area (Å²) in [6, 6.07) is 0. The Hall–Kier alpha value is -1.30. The number of nitrogens with zero attached hydrogens (tertiary/aromatic N) is 2. The molecule has 0 aromatic rings. The van der Waals surface area contributed by atoms with Crippen LogP contribution < -0.4 is 5.73 Å². The SMILES string of the molecule is CCC(CC)(C(=O)N1CCC(C)C(OC)C1)C(N)=NO. The Morgan fingerprint density at radius 1 is 1.50 bits per heavy atom. The molecule has 0 aromatic heterocycles. The third kappa shape index (κ3) is 2.90. The van der Waals surface area contributed by atoms with Crippen molar-refractivity contribution in [2.24, 2.45) is 22.2 Å². The van der Waals surface area contributed by atoms with Crippen LogP contribution in [-0.2, 0) is 9.53 Å². The van der Waals surface area contributed by atoms with E-state index in [9.17, 15) is 4.79 Å². The van der Waals surface area contributed by atoms with Crippen molar-refractivity contribution < 1.29 is 14.7 Å². The zero-order chi connectivity index (χ0) is 15.3. The van der Waals surface area contributed by atoms with Crippen LogP contribution in [0.4, 0.5) is 0 Å². The van der Waals surface area contributed by atoms with Crippen LogP contribution in [0.1, 0.15) is 40.0 Å². The number of amidine groups is 1. The fourth-order valence-corrected chi connectivity index (χ4v) is 2.95. The van der Waals surface area contributed by atoms with Crippen molar-refractivity contribution in [3.63, 3.8) is 0 Å². The van der Waals surface area contributed by atoms with Gasteiger partial charge in [0.05, 0.1) is 6.10 Å². The van der Waals surface area contributed by atoms with Gasteiger partial charge in [0.25, 0.3) is 0 Å². The summed E-state index contributed by atoms with van der Waals surface area (Å²) < 4.78 is 5.45. The van der Waals surface area contributed by atoms with E-state index in [-0.39, 0.29) is 17.8 Å². The number of methoxy groups -OCH3 is 1. The zero-order valence-corrected chi connectivity index (χ0v) is 12.9. The van der Waals surface area contributed by atoms with Crippen LogP contribution in [-0.4, -0.2) is 48.2 Å². The first-order chi connectivity index (χ1) is 9.46. The molecule has 1 fully saturated rings. The van der Waals surface area contributed by atoms with Gasteiger partial charge < -0.3 is 20.6 Å². The first-order valence-corrected chi connectivity index (χ1v) is 7.26. The molecule has 116 valence electrons. The fourth-order valence-electron chi connectivity index (χ4n) is 2.95. The molecule has 3 N–H and O–H groups in total. The summed E-state index contributed by atoms with van der Waals surface area (Å²) in [6.07, 6.45) is 1.99. The molecule has 1 aliphatic rings. The molecule has 1 rings (SSSR count). The van der Waals surface area contributed by atoms with Gasteiger partial charge in [-0.2, -0.15) is 0 Å². The highest BCUT2D eigenvalue weighted by Crippen LogP contribution is 2.32. The van der Waals surface area contributed by atoms with Crippen molar-refractivity contribution in [1.82, 2.24) is 4.90 Å². The van der Waals surface area contributed by atoms with Crippen LogP contribution in [0, 0.1) is 11.3 Å². The van der Waals surface area contributed by atoms with E-state index in [0.29, 0.717) is 31.8 Å². The highest BCUT2D eigenvalue weighted by molar-refractivity contribution is 6.06. The lowest BCUT2D eigenvalue weighted by atomic mass is 9.79. The van der Waals surface area contributed by atoms with Crippen LogP contribution in [0.2, 0.25) is 0 Å². The summed E-state index contributed by atoms with van der Waals surface area (Å²) in [6.45, 7) is 7.17. The Morgan fingerprint density at radius 3 is 2.55 bits per heavy atom. The first-order valence-electron chi connectivity index (χ1n) is 7.26. The van der Waals surface area contributed by atoms with E-state index in [0.717, 1.165) is 6.42 Å². The molecule has 1 saturated heterocycles. The molecule has 6 nitrogen and oxygen atoms in total. The van der Waals surface area contributed by atoms with Crippen molar-refractivity contribution in [1.29, 1.82) is 0 Å². The van der Waals surface area contributed by atoms with Crippen LogP contribution in [0.5, 0.6) is 0 Å². The number of hydrogen-bond donors (Lipinski definition) is 2. The lowest BCUT2D eigenvalue weighted by Crippen LogP contribution is -2.55. The average Bonchev–Trinajstić information content (AvgIpc) is 2.48. The van der Waals surface area contributed by atoms with E-state index in [4.69, 9.17) is 15.7 Å². The van der Waals surface area contributed by atoms with Gasteiger partial charge in [0.2, 0.25) is 5.91 Å². The molecule has 0 spiro atoms. The Labute approximate surface area is 120 Å². The fraction of sp³-hybridized carbons (Fsp3) is 0.857. The van der Waals surface area contributed by atoms with Gasteiger partial charge in [-0.15, -0.1) is 0 Å². The molecule has 20 heavy (non-hydrogen) atoms. The van der Waals surface area contributed by atoms with Gasteiger partial charge in [0, 0.05) is 20.2 Å². The Balaban J connectivity index is 2.96. The molecular formula is C14H27N3O3. The van der Waals surface area contributed by atoms with E-state index in [1.807, 2.05) is 13.8 Å². The molecule has 2 unspecified atom stereocenters. The molecule has 1 heterocycles. The van der Waals surface area contributed by atoms with Crippen molar-refractivity contribution in [2.45, 2.75) is 46.1 Å². The standard InChI is InChI=1S/C14H27N3O3/c1-5-14(6-2,12(15)16-19)13(18)17-8-7-10(3)11(9-17)20-4/h10-11,19H,5-9H2,1-4H3,(H2,15,16). The van der Waals surface area contributed by atoms with Gasteiger partial charge in [0.15, 0.2) is 5.84 Å². The number of nitrogens with two attached hydrogens (primary N) is 1. The van der Waals surface area contributed by atoms with Crippen molar-refractivity contribution >= 4 is 11.7 Å². The quantitative estimate of drug-likeness (QED) is 0.346. The molecule has 0 aromatic carbocycles. The van der Waals surface area contributed by atoms with Gasteiger partial charge in [-0.05, 0) is 25.2 Å². The Bertz CT molecular complexity index is 367. The Kier molecular flexibility index (Phi) is 5.80. The second-order valence-corrected chi connectivity index (χ2v) is 5.57. The molecule has 2 atom stereocenters. The van der Waals surface area contributed by atoms with Gasteiger partial charge in [-0.1, -0.05) is 25.9 Å². The summed E-state index contributed by atoms with van der Waals surface area (Å²) in [5, 5.41) is 12.1. The molecule has 6 heteroatoms. The molecular weight excluding hydrogens is 258 g/mol. The monoisotopic (exact) mass is 285 g/mol. The molecule has 0 bridgehead atoms. The number of hydrogen-bond acceptors (Lipinski definition) is 4. The average molecular weight is 285 g/mol. The van der Waals surface area contributed by atoms with E-state index >= 15 is 0 Å². The second kappa shape index (κ2) is 6.92. The maximum absolute atomic E-state index is 12.8. The minimum atomic E-state index is -0.909. The van der Waals surface area contributed by atoms with Crippen LogP contribution >= 0.6 is 0 Å². The number of rotatable bonds is 5. The largest absolute Gasteiger partial charge is 0.409 e. The third-order valence-electron chi connectivity index (χ3n) is 4.69.